The van der Waals surface area contributed by atoms with Gasteiger partial charge < -0.3 is 9.64 Å². The highest BCUT2D eigenvalue weighted by Gasteiger charge is 2.22. The molecule has 0 unspecified atom stereocenters. The van der Waals surface area contributed by atoms with E-state index in [1.54, 1.807) is 40.2 Å². The van der Waals surface area contributed by atoms with Gasteiger partial charge in [-0.2, -0.15) is 5.10 Å². The summed E-state index contributed by atoms with van der Waals surface area (Å²) < 4.78 is 7.71. The number of carbonyl (C=O) groups excluding carboxylic acids is 2. The second-order valence-electron chi connectivity index (χ2n) is 6.32. The van der Waals surface area contributed by atoms with Crippen molar-refractivity contribution >= 4 is 27.8 Å². The number of halogens is 1. The van der Waals surface area contributed by atoms with Crippen LogP contribution in [0.15, 0.2) is 41.1 Å². The quantitative estimate of drug-likeness (QED) is 0.733. The van der Waals surface area contributed by atoms with Crippen molar-refractivity contribution in [1.82, 2.24) is 14.7 Å². The fraction of sp³-hybridized carbons (Fsp3) is 0.389. The van der Waals surface area contributed by atoms with Gasteiger partial charge in [0, 0.05) is 19.3 Å². The van der Waals surface area contributed by atoms with E-state index in [-0.39, 0.29) is 12.5 Å². The van der Waals surface area contributed by atoms with Crippen LogP contribution in [-0.4, -0.2) is 46.3 Å². The highest BCUT2D eigenvalue weighted by atomic mass is 79.9. The molecule has 0 N–H and O–H groups in total. The topological polar surface area (TPSA) is 64.4 Å². The third kappa shape index (κ3) is 4.48. The summed E-state index contributed by atoms with van der Waals surface area (Å²) in [6.45, 7) is 3.39. The number of likely N-dealkylation sites (tertiary alicyclic amines) is 1. The summed E-state index contributed by atoms with van der Waals surface area (Å²) in [4.78, 5) is 26.2. The van der Waals surface area contributed by atoms with Crippen LogP contribution in [0.25, 0.3) is 5.69 Å². The molecule has 0 aliphatic carbocycles. The number of aromatic nitrogens is 2. The van der Waals surface area contributed by atoms with Crippen molar-refractivity contribution in [1.29, 1.82) is 0 Å². The molecule has 1 amide bonds. The molecule has 0 radical (unpaired) electrons. The third-order valence-electron chi connectivity index (χ3n) is 4.23. The van der Waals surface area contributed by atoms with Gasteiger partial charge in [-0.15, -0.1) is 0 Å². The molecule has 7 heteroatoms. The Morgan fingerprint density at radius 3 is 2.96 bits per heavy atom. The first-order valence-electron chi connectivity index (χ1n) is 8.28. The third-order valence-corrected chi connectivity index (χ3v) is 4.64. The molecule has 1 aliphatic heterocycles. The monoisotopic (exact) mass is 405 g/mol. The lowest BCUT2D eigenvalue weighted by molar-refractivity contribution is -0.136. The number of benzene rings is 1. The van der Waals surface area contributed by atoms with Crippen LogP contribution in [0, 0.1) is 5.92 Å². The van der Waals surface area contributed by atoms with Crippen molar-refractivity contribution in [2.75, 3.05) is 19.7 Å². The van der Waals surface area contributed by atoms with E-state index in [0.717, 1.165) is 36.1 Å². The molecule has 3 rings (SSSR count). The Balaban J connectivity index is 1.60. The molecule has 1 aromatic heterocycles. The van der Waals surface area contributed by atoms with Gasteiger partial charge in [0.2, 0.25) is 0 Å². The van der Waals surface area contributed by atoms with Gasteiger partial charge in [0.25, 0.3) is 5.91 Å². The summed E-state index contributed by atoms with van der Waals surface area (Å²) in [5.74, 6) is -0.142. The average Bonchev–Trinajstić information content (AvgIpc) is 3.06. The second kappa shape index (κ2) is 7.82. The Kier molecular flexibility index (Phi) is 5.53. The molecule has 0 bridgehead atoms. The smallest absolute Gasteiger partial charge is 0.338 e. The van der Waals surface area contributed by atoms with E-state index in [1.165, 1.54) is 0 Å². The number of esters is 1. The standard InChI is InChI=1S/C18H20BrN3O3/c1-13-4-3-7-21(10-13)17(23)12-25-18(24)14-5-2-6-16(8-14)22-11-15(19)9-20-22/h2,5-6,8-9,11,13H,3-4,7,10,12H2,1H3/t13-/m0/s1. The number of hydrogen-bond donors (Lipinski definition) is 0. The molecular formula is C18H20BrN3O3. The van der Waals surface area contributed by atoms with Crippen molar-refractivity contribution in [3.05, 3.63) is 46.7 Å². The van der Waals surface area contributed by atoms with Crippen molar-refractivity contribution in [3.63, 3.8) is 0 Å². The number of rotatable bonds is 4. The lowest BCUT2D eigenvalue weighted by Gasteiger charge is -2.30. The molecule has 132 valence electrons. The molecule has 1 atom stereocenters. The van der Waals surface area contributed by atoms with Gasteiger partial charge in [-0.25, -0.2) is 9.48 Å². The maximum atomic E-state index is 12.3. The summed E-state index contributed by atoms with van der Waals surface area (Å²) in [5, 5.41) is 4.19. The first-order chi connectivity index (χ1) is 12.0. The molecule has 1 saturated heterocycles. The van der Waals surface area contributed by atoms with E-state index in [2.05, 4.69) is 28.0 Å². The highest BCUT2D eigenvalue weighted by Crippen LogP contribution is 2.16. The summed E-state index contributed by atoms with van der Waals surface area (Å²) >= 11 is 3.34. The largest absolute Gasteiger partial charge is 0.452 e. The predicted molar refractivity (Wildman–Crippen MR) is 96.5 cm³/mol. The fourth-order valence-electron chi connectivity index (χ4n) is 2.94. The maximum absolute atomic E-state index is 12.3. The lowest BCUT2D eigenvalue weighted by atomic mass is 10.0. The molecule has 25 heavy (non-hydrogen) atoms. The van der Waals surface area contributed by atoms with Gasteiger partial charge in [-0.3, -0.25) is 4.79 Å². The maximum Gasteiger partial charge on any atom is 0.338 e. The first-order valence-corrected chi connectivity index (χ1v) is 9.08. The minimum atomic E-state index is -0.508. The van der Waals surface area contributed by atoms with Crippen LogP contribution < -0.4 is 0 Å². The van der Waals surface area contributed by atoms with Crippen LogP contribution in [0.3, 0.4) is 0 Å². The van der Waals surface area contributed by atoms with Crippen LogP contribution in [0.5, 0.6) is 0 Å². The van der Waals surface area contributed by atoms with E-state index in [1.807, 2.05) is 6.07 Å². The average molecular weight is 406 g/mol. The first kappa shape index (κ1) is 17.7. The molecule has 0 spiro atoms. The summed E-state index contributed by atoms with van der Waals surface area (Å²) in [6.07, 6.45) is 5.61. The molecule has 1 aliphatic rings. The van der Waals surface area contributed by atoms with Crippen LogP contribution in [0.2, 0.25) is 0 Å². The Morgan fingerprint density at radius 2 is 2.24 bits per heavy atom. The van der Waals surface area contributed by atoms with E-state index in [0.29, 0.717) is 11.5 Å². The fourth-order valence-corrected chi connectivity index (χ4v) is 3.22. The van der Waals surface area contributed by atoms with Gasteiger partial charge in [-0.05, 0) is 52.9 Å². The zero-order valence-corrected chi connectivity index (χ0v) is 15.6. The van der Waals surface area contributed by atoms with Gasteiger partial charge >= 0.3 is 5.97 Å². The van der Waals surface area contributed by atoms with Crippen LogP contribution in [0.1, 0.15) is 30.1 Å². The van der Waals surface area contributed by atoms with Crippen LogP contribution >= 0.6 is 15.9 Å². The van der Waals surface area contributed by atoms with E-state index < -0.39 is 5.97 Å². The van der Waals surface area contributed by atoms with E-state index in [9.17, 15) is 9.59 Å². The lowest BCUT2D eigenvalue weighted by Crippen LogP contribution is -2.41. The normalized spacial score (nSPS) is 17.4. The van der Waals surface area contributed by atoms with E-state index >= 15 is 0 Å². The van der Waals surface area contributed by atoms with Crippen LogP contribution in [0.4, 0.5) is 0 Å². The van der Waals surface area contributed by atoms with Gasteiger partial charge in [-0.1, -0.05) is 13.0 Å². The molecule has 6 nitrogen and oxygen atoms in total. The Morgan fingerprint density at radius 1 is 1.40 bits per heavy atom. The number of piperidine rings is 1. The van der Waals surface area contributed by atoms with Crippen molar-refractivity contribution in [2.45, 2.75) is 19.8 Å². The summed E-state index contributed by atoms with van der Waals surface area (Å²) in [7, 11) is 0. The number of hydrogen-bond acceptors (Lipinski definition) is 4. The van der Waals surface area contributed by atoms with Crippen molar-refractivity contribution in [2.24, 2.45) is 5.92 Å². The minimum Gasteiger partial charge on any atom is -0.452 e. The highest BCUT2D eigenvalue weighted by molar-refractivity contribution is 9.10. The minimum absolute atomic E-state index is 0.132. The molecular weight excluding hydrogens is 386 g/mol. The molecule has 0 saturated carbocycles. The Labute approximate surface area is 154 Å². The van der Waals surface area contributed by atoms with Gasteiger partial charge in [0.1, 0.15) is 0 Å². The van der Waals surface area contributed by atoms with Crippen molar-refractivity contribution < 1.29 is 14.3 Å². The Hall–Kier alpha value is -2.15. The molecule has 2 heterocycles. The van der Waals surface area contributed by atoms with Crippen LogP contribution in [-0.2, 0) is 9.53 Å². The van der Waals surface area contributed by atoms with E-state index in [4.69, 9.17) is 4.74 Å². The SMILES string of the molecule is C[C@H]1CCCN(C(=O)COC(=O)c2cccc(-n3cc(Br)cn3)c2)C1. The number of ether oxygens (including phenoxy) is 1. The van der Waals surface area contributed by atoms with Crippen molar-refractivity contribution in [3.8, 4) is 5.69 Å². The molecule has 1 aromatic carbocycles. The number of nitrogens with zero attached hydrogens (tertiary/aromatic N) is 3. The molecule has 1 fully saturated rings. The van der Waals surface area contributed by atoms with Gasteiger partial charge in [0.05, 0.1) is 21.9 Å². The number of carbonyl (C=O) groups is 2. The predicted octanol–water partition coefficient (Wildman–Crippen LogP) is 3.05. The number of amides is 1. The molecule has 2 aromatic rings. The zero-order valence-electron chi connectivity index (χ0n) is 14.0. The summed E-state index contributed by atoms with van der Waals surface area (Å²) in [5.41, 5.74) is 1.14. The Bertz CT molecular complexity index is 774. The van der Waals surface area contributed by atoms with Gasteiger partial charge in [0.15, 0.2) is 6.61 Å². The second-order valence-corrected chi connectivity index (χ2v) is 7.23. The summed E-state index contributed by atoms with van der Waals surface area (Å²) in [6, 6.07) is 6.96. The zero-order chi connectivity index (χ0) is 17.8.